The zero-order valence-corrected chi connectivity index (χ0v) is 10.3. The van der Waals surface area contributed by atoms with Gasteiger partial charge in [0.25, 0.3) is 0 Å². The van der Waals surface area contributed by atoms with E-state index in [1.54, 1.807) is 18.2 Å². The molecule has 3 nitrogen and oxygen atoms in total. The van der Waals surface area contributed by atoms with E-state index in [1.165, 1.54) is 6.07 Å². The van der Waals surface area contributed by atoms with Gasteiger partial charge in [-0.3, -0.25) is 0 Å². The van der Waals surface area contributed by atoms with Crippen molar-refractivity contribution < 1.29 is 9.84 Å². The van der Waals surface area contributed by atoms with E-state index in [-0.39, 0.29) is 5.75 Å². The lowest BCUT2D eigenvalue weighted by Crippen LogP contribution is -1.90. The topological polar surface area (TPSA) is 53.2 Å². The zero-order valence-electron chi connectivity index (χ0n) is 10.3. The molecule has 18 heavy (non-hydrogen) atoms. The molecule has 0 bridgehead atoms. The minimum atomic E-state index is 0.149. The highest BCUT2D eigenvalue weighted by Crippen LogP contribution is 2.29. The summed E-state index contributed by atoms with van der Waals surface area (Å²) in [6.45, 7) is 3.80. The van der Waals surface area contributed by atoms with E-state index >= 15 is 0 Å². The van der Waals surface area contributed by atoms with E-state index in [0.29, 0.717) is 17.1 Å². The van der Waals surface area contributed by atoms with Crippen LogP contribution in [0.4, 0.5) is 0 Å². The molecule has 0 aliphatic carbocycles. The van der Waals surface area contributed by atoms with Gasteiger partial charge in [-0.05, 0) is 49.2 Å². The monoisotopic (exact) mass is 239 g/mol. The molecule has 1 N–H and O–H groups in total. The third kappa shape index (κ3) is 2.61. The van der Waals surface area contributed by atoms with Crippen molar-refractivity contribution >= 4 is 0 Å². The summed E-state index contributed by atoms with van der Waals surface area (Å²) in [6, 6.07) is 12.5. The molecule has 2 aromatic carbocycles. The Kier molecular flexibility index (Phi) is 3.20. The predicted molar refractivity (Wildman–Crippen MR) is 68.8 cm³/mol. The van der Waals surface area contributed by atoms with Gasteiger partial charge in [-0.15, -0.1) is 0 Å². The van der Waals surface area contributed by atoms with Gasteiger partial charge in [0.2, 0.25) is 0 Å². The number of benzene rings is 2. The predicted octanol–water partition coefficient (Wildman–Crippen LogP) is 3.67. The Bertz CT molecular complexity index is 607. The van der Waals surface area contributed by atoms with Crippen LogP contribution in [0.3, 0.4) is 0 Å². The second-order valence-corrected chi connectivity index (χ2v) is 4.22. The Morgan fingerprint density at radius 3 is 2.50 bits per heavy atom. The summed E-state index contributed by atoms with van der Waals surface area (Å²) in [5.74, 6) is 1.17. The number of nitrogens with zero attached hydrogens (tertiary/aromatic N) is 1. The minimum absolute atomic E-state index is 0.149. The number of aromatic hydroxyl groups is 1. The number of phenolic OH excluding ortho intramolecular Hbond substituents is 1. The molecule has 0 saturated heterocycles. The highest BCUT2D eigenvalue weighted by Gasteiger charge is 2.06. The summed E-state index contributed by atoms with van der Waals surface area (Å²) in [5, 5.41) is 18.5. The largest absolute Gasteiger partial charge is 0.508 e. The van der Waals surface area contributed by atoms with Gasteiger partial charge >= 0.3 is 0 Å². The van der Waals surface area contributed by atoms with Crippen molar-refractivity contribution in [3.05, 3.63) is 53.1 Å². The molecule has 0 spiro atoms. The highest BCUT2D eigenvalue weighted by atomic mass is 16.5. The molecular weight excluding hydrogens is 226 g/mol. The van der Waals surface area contributed by atoms with Crippen molar-refractivity contribution in [3.8, 4) is 23.3 Å². The van der Waals surface area contributed by atoms with Gasteiger partial charge in [0, 0.05) is 6.07 Å². The van der Waals surface area contributed by atoms with Crippen molar-refractivity contribution in [2.45, 2.75) is 13.8 Å². The maximum absolute atomic E-state index is 9.51. The van der Waals surface area contributed by atoms with Gasteiger partial charge in [0.05, 0.1) is 5.56 Å². The van der Waals surface area contributed by atoms with Crippen LogP contribution in [0.25, 0.3) is 0 Å². The van der Waals surface area contributed by atoms with Crippen LogP contribution in [-0.2, 0) is 0 Å². The van der Waals surface area contributed by atoms with E-state index in [0.717, 1.165) is 11.1 Å². The summed E-state index contributed by atoms with van der Waals surface area (Å²) in [7, 11) is 0. The molecule has 2 aromatic rings. The van der Waals surface area contributed by atoms with Gasteiger partial charge in [0.15, 0.2) is 0 Å². The fourth-order valence-corrected chi connectivity index (χ4v) is 1.72. The van der Waals surface area contributed by atoms with Gasteiger partial charge < -0.3 is 9.84 Å². The highest BCUT2D eigenvalue weighted by molar-refractivity contribution is 5.48. The van der Waals surface area contributed by atoms with Crippen LogP contribution in [0.2, 0.25) is 0 Å². The van der Waals surface area contributed by atoms with Gasteiger partial charge in [0.1, 0.15) is 23.3 Å². The third-order valence-electron chi connectivity index (χ3n) is 2.52. The first kappa shape index (κ1) is 12.0. The fraction of sp³-hybridized carbons (Fsp3) is 0.133. The van der Waals surface area contributed by atoms with Crippen molar-refractivity contribution in [1.29, 1.82) is 5.26 Å². The SMILES string of the molecule is Cc1cc(O)cc(Oc2cc(C)ccc2C#N)c1. The fourth-order valence-electron chi connectivity index (χ4n) is 1.72. The molecule has 0 atom stereocenters. The van der Waals surface area contributed by atoms with Crippen molar-refractivity contribution in [2.24, 2.45) is 0 Å². The van der Waals surface area contributed by atoms with E-state index in [9.17, 15) is 5.11 Å². The van der Waals surface area contributed by atoms with E-state index in [1.807, 2.05) is 26.0 Å². The molecule has 0 fully saturated rings. The van der Waals surface area contributed by atoms with E-state index in [2.05, 4.69) is 6.07 Å². The lowest BCUT2D eigenvalue weighted by Gasteiger charge is -2.09. The molecule has 0 heterocycles. The zero-order chi connectivity index (χ0) is 13.1. The molecule has 3 heteroatoms. The number of rotatable bonds is 2. The summed E-state index contributed by atoms with van der Waals surface area (Å²) in [5.41, 5.74) is 2.39. The quantitative estimate of drug-likeness (QED) is 0.869. The molecule has 90 valence electrons. The maximum Gasteiger partial charge on any atom is 0.145 e. The Morgan fingerprint density at radius 1 is 1.06 bits per heavy atom. The first-order valence-corrected chi connectivity index (χ1v) is 5.58. The molecular formula is C15H13NO2. The van der Waals surface area contributed by atoms with Crippen molar-refractivity contribution in [2.75, 3.05) is 0 Å². The van der Waals surface area contributed by atoms with Crippen LogP contribution < -0.4 is 4.74 Å². The summed E-state index contributed by atoms with van der Waals surface area (Å²) in [6.07, 6.45) is 0. The lowest BCUT2D eigenvalue weighted by atomic mass is 10.1. The summed E-state index contributed by atoms with van der Waals surface area (Å²) < 4.78 is 5.66. The lowest BCUT2D eigenvalue weighted by molar-refractivity contribution is 0.453. The second-order valence-electron chi connectivity index (χ2n) is 4.22. The van der Waals surface area contributed by atoms with Crippen LogP contribution >= 0.6 is 0 Å². The van der Waals surface area contributed by atoms with Crippen LogP contribution in [0.1, 0.15) is 16.7 Å². The molecule has 0 aliphatic rings. The Morgan fingerprint density at radius 2 is 1.83 bits per heavy atom. The Balaban J connectivity index is 2.39. The molecule has 0 saturated carbocycles. The standard InChI is InChI=1S/C15H13NO2/c1-10-3-4-12(9-16)15(7-10)18-14-6-11(2)5-13(17)8-14/h3-8,17H,1-2H3. The van der Waals surface area contributed by atoms with Gasteiger partial charge in [-0.1, -0.05) is 6.07 Å². The van der Waals surface area contributed by atoms with Crippen LogP contribution in [0, 0.1) is 25.2 Å². The molecule has 2 rings (SSSR count). The smallest absolute Gasteiger partial charge is 0.145 e. The molecule has 0 aliphatic heterocycles. The molecule has 0 aromatic heterocycles. The Labute approximate surface area is 106 Å². The maximum atomic E-state index is 9.51. The number of nitriles is 1. The first-order chi connectivity index (χ1) is 8.58. The van der Waals surface area contributed by atoms with Crippen molar-refractivity contribution in [3.63, 3.8) is 0 Å². The number of aryl methyl sites for hydroxylation is 2. The summed E-state index contributed by atoms with van der Waals surface area (Å²) in [4.78, 5) is 0. The number of ether oxygens (including phenoxy) is 1. The number of phenols is 1. The second kappa shape index (κ2) is 4.80. The first-order valence-electron chi connectivity index (χ1n) is 5.58. The molecule has 0 radical (unpaired) electrons. The normalized spacial score (nSPS) is 9.83. The molecule has 0 amide bonds. The molecule has 0 unspecified atom stereocenters. The third-order valence-corrected chi connectivity index (χ3v) is 2.52. The number of hydrogen-bond acceptors (Lipinski definition) is 3. The average Bonchev–Trinajstić information content (AvgIpc) is 2.27. The summed E-state index contributed by atoms with van der Waals surface area (Å²) >= 11 is 0. The van der Waals surface area contributed by atoms with Gasteiger partial charge in [-0.25, -0.2) is 0 Å². The number of hydrogen-bond donors (Lipinski definition) is 1. The van der Waals surface area contributed by atoms with E-state index < -0.39 is 0 Å². The van der Waals surface area contributed by atoms with Crippen molar-refractivity contribution in [1.82, 2.24) is 0 Å². The van der Waals surface area contributed by atoms with Crippen LogP contribution in [0.5, 0.6) is 17.2 Å². The average molecular weight is 239 g/mol. The Hall–Kier alpha value is -2.47. The minimum Gasteiger partial charge on any atom is -0.508 e. The van der Waals surface area contributed by atoms with Crippen LogP contribution in [0.15, 0.2) is 36.4 Å². The van der Waals surface area contributed by atoms with E-state index in [4.69, 9.17) is 10.00 Å². The van der Waals surface area contributed by atoms with Gasteiger partial charge in [-0.2, -0.15) is 5.26 Å². The van der Waals surface area contributed by atoms with Crippen LogP contribution in [-0.4, -0.2) is 5.11 Å².